The molecule has 0 bridgehead atoms. The summed E-state index contributed by atoms with van der Waals surface area (Å²) < 4.78 is 5.74. The molecule has 22 heavy (non-hydrogen) atoms. The van der Waals surface area contributed by atoms with Crippen LogP contribution in [0.25, 0.3) is 23.6 Å². The summed E-state index contributed by atoms with van der Waals surface area (Å²) in [5.74, 6) is 0.0746. The maximum absolute atomic E-state index is 10.9. The minimum absolute atomic E-state index is 0.0626. The monoisotopic (exact) mass is 294 g/mol. The number of fused-ring (bicyclic) bond motifs is 1. The molecule has 0 amide bonds. The number of hydrogen-bond donors (Lipinski definition) is 2. The number of phenolic OH excluding ortho intramolecular Hbond substituents is 2. The van der Waals surface area contributed by atoms with Gasteiger partial charge in [-0.25, -0.2) is 0 Å². The molecule has 0 radical (unpaired) electrons. The average Bonchev–Trinajstić information content (AvgIpc) is 2.77. The van der Waals surface area contributed by atoms with Crippen molar-refractivity contribution in [2.75, 3.05) is 0 Å². The topological polar surface area (TPSA) is 70.7 Å². The predicted octanol–water partition coefficient (Wildman–Crippen LogP) is 2.20. The number of furan rings is 1. The fourth-order valence-electron chi connectivity index (χ4n) is 2.53. The summed E-state index contributed by atoms with van der Waals surface area (Å²) in [5.41, 5.74) is 2.91. The molecule has 2 N–H and O–H groups in total. The Hall–Kier alpha value is -3.01. The molecule has 3 rings (SSSR count). The van der Waals surface area contributed by atoms with E-state index in [0.29, 0.717) is 28.1 Å². The molecule has 1 aromatic heterocycles. The highest BCUT2D eigenvalue weighted by Crippen LogP contribution is 2.21. The van der Waals surface area contributed by atoms with Crippen LogP contribution in [-0.2, 0) is 0 Å². The van der Waals surface area contributed by atoms with Crippen LogP contribution in [0.5, 0.6) is 11.5 Å². The Morgan fingerprint density at radius 1 is 1.18 bits per heavy atom. The summed E-state index contributed by atoms with van der Waals surface area (Å²) in [5, 5.41) is 20.7. The Kier molecular flexibility index (Phi) is 3.22. The van der Waals surface area contributed by atoms with Gasteiger partial charge < -0.3 is 14.6 Å². The van der Waals surface area contributed by atoms with E-state index in [2.05, 4.69) is 6.58 Å². The molecule has 0 aliphatic heterocycles. The van der Waals surface area contributed by atoms with Crippen LogP contribution in [0.4, 0.5) is 0 Å². The van der Waals surface area contributed by atoms with Gasteiger partial charge in [-0.05, 0) is 42.3 Å². The van der Waals surface area contributed by atoms with Gasteiger partial charge in [-0.2, -0.15) is 0 Å². The molecular formula is C18H14O4. The van der Waals surface area contributed by atoms with Crippen LogP contribution in [-0.4, -0.2) is 16.5 Å². The molecule has 0 saturated heterocycles. The highest BCUT2D eigenvalue weighted by molar-refractivity contribution is 5.84. The molecule has 0 atom stereocenters. The van der Waals surface area contributed by atoms with Gasteiger partial charge in [0.1, 0.15) is 22.5 Å². The van der Waals surface area contributed by atoms with Crippen LogP contribution in [0.2, 0.25) is 0 Å². The Bertz CT molecular complexity index is 996. The van der Waals surface area contributed by atoms with Crippen LogP contribution >= 0.6 is 0 Å². The van der Waals surface area contributed by atoms with Crippen molar-refractivity contribution in [3.63, 3.8) is 0 Å². The number of hydrogen-bond acceptors (Lipinski definition) is 4. The number of aromatic hydroxyl groups is 2. The number of aldehydes is 1. The molecule has 0 spiro atoms. The Morgan fingerprint density at radius 2 is 1.95 bits per heavy atom. The number of benzene rings is 2. The second-order valence-corrected chi connectivity index (χ2v) is 5.16. The van der Waals surface area contributed by atoms with Gasteiger partial charge in [0, 0.05) is 16.7 Å². The van der Waals surface area contributed by atoms with Gasteiger partial charge in [-0.15, -0.1) is 0 Å². The molecule has 110 valence electrons. The highest BCUT2D eigenvalue weighted by atomic mass is 16.3. The third kappa shape index (κ3) is 2.24. The lowest BCUT2D eigenvalue weighted by Crippen LogP contribution is -2.18. The maximum Gasteiger partial charge on any atom is 0.153 e. The summed E-state index contributed by atoms with van der Waals surface area (Å²) in [6.45, 7) is 5.91. The quantitative estimate of drug-likeness (QED) is 0.711. The molecule has 4 heteroatoms. The van der Waals surface area contributed by atoms with Crippen molar-refractivity contribution < 1.29 is 19.4 Å². The van der Waals surface area contributed by atoms with E-state index in [4.69, 9.17) is 4.42 Å². The fourth-order valence-corrected chi connectivity index (χ4v) is 2.53. The highest BCUT2D eigenvalue weighted by Gasteiger charge is 2.07. The van der Waals surface area contributed by atoms with Gasteiger partial charge in [0.2, 0.25) is 0 Å². The molecule has 0 aliphatic carbocycles. The first-order valence-corrected chi connectivity index (χ1v) is 6.70. The lowest BCUT2D eigenvalue weighted by atomic mass is 10.1. The Labute approximate surface area is 126 Å². The zero-order valence-corrected chi connectivity index (χ0v) is 12.0. The van der Waals surface area contributed by atoms with Crippen molar-refractivity contribution in [2.24, 2.45) is 0 Å². The first-order chi connectivity index (χ1) is 10.5. The van der Waals surface area contributed by atoms with Crippen molar-refractivity contribution in [2.45, 2.75) is 6.92 Å². The zero-order chi connectivity index (χ0) is 15.9. The standard InChI is InChI=1S/C18H14O4/c1-10-5-14(20)8-17-18(10)11(2)16(22-17)7-12-3-4-15(21)13(6-12)9-19/h3-9,20-21H,2H2,1H3/b16-7-. The van der Waals surface area contributed by atoms with E-state index in [-0.39, 0.29) is 17.1 Å². The first-order valence-electron chi connectivity index (χ1n) is 6.70. The minimum atomic E-state index is -0.0626. The van der Waals surface area contributed by atoms with Crippen LogP contribution < -0.4 is 10.6 Å². The first kappa shape index (κ1) is 13.9. The molecule has 0 aliphatic rings. The van der Waals surface area contributed by atoms with Gasteiger partial charge in [-0.3, -0.25) is 4.79 Å². The van der Waals surface area contributed by atoms with Gasteiger partial charge >= 0.3 is 0 Å². The summed E-state index contributed by atoms with van der Waals surface area (Å²) in [6.07, 6.45) is 2.34. The second kappa shape index (κ2) is 5.07. The molecule has 0 saturated carbocycles. The van der Waals surface area contributed by atoms with Crippen LogP contribution in [0.3, 0.4) is 0 Å². The molecule has 0 fully saturated rings. The van der Waals surface area contributed by atoms with E-state index in [0.717, 1.165) is 10.9 Å². The smallest absolute Gasteiger partial charge is 0.153 e. The van der Waals surface area contributed by atoms with Gasteiger partial charge in [0.15, 0.2) is 6.29 Å². The number of phenols is 2. The van der Waals surface area contributed by atoms with Gasteiger partial charge in [0.05, 0.1) is 5.56 Å². The Morgan fingerprint density at radius 3 is 2.68 bits per heavy atom. The van der Waals surface area contributed by atoms with Crippen LogP contribution in [0.15, 0.2) is 34.7 Å². The molecule has 0 unspecified atom stereocenters. The normalized spacial score (nSPS) is 12.0. The number of carbonyl (C=O) groups excluding carboxylic acids is 1. The van der Waals surface area contributed by atoms with Crippen molar-refractivity contribution in [3.05, 3.63) is 57.7 Å². The molecular weight excluding hydrogens is 280 g/mol. The van der Waals surface area contributed by atoms with E-state index >= 15 is 0 Å². The summed E-state index contributed by atoms with van der Waals surface area (Å²) in [6, 6.07) is 7.90. The molecule has 4 nitrogen and oxygen atoms in total. The fraction of sp³-hybridized carbons (Fsp3) is 0.0556. The Balaban J connectivity index is 2.26. The SMILES string of the molecule is C=c1/c(=C/c2ccc(O)c(C=O)c2)oc2cc(O)cc(C)c12. The van der Waals surface area contributed by atoms with E-state index in [9.17, 15) is 15.0 Å². The number of rotatable bonds is 2. The molecule has 3 aromatic rings. The maximum atomic E-state index is 10.9. The minimum Gasteiger partial charge on any atom is -0.508 e. The van der Waals surface area contributed by atoms with Crippen molar-refractivity contribution >= 4 is 29.9 Å². The van der Waals surface area contributed by atoms with Crippen molar-refractivity contribution in [3.8, 4) is 11.5 Å². The average molecular weight is 294 g/mol. The van der Waals surface area contributed by atoms with E-state index in [1.54, 1.807) is 30.3 Å². The third-order valence-electron chi connectivity index (χ3n) is 3.58. The van der Waals surface area contributed by atoms with Crippen LogP contribution in [0.1, 0.15) is 21.5 Å². The largest absolute Gasteiger partial charge is 0.508 e. The van der Waals surface area contributed by atoms with Crippen molar-refractivity contribution in [1.82, 2.24) is 0 Å². The lowest BCUT2D eigenvalue weighted by Gasteiger charge is -1.97. The molecule has 1 heterocycles. The number of carbonyl (C=O) groups is 1. The van der Waals surface area contributed by atoms with Crippen LogP contribution in [0, 0.1) is 6.92 Å². The zero-order valence-electron chi connectivity index (χ0n) is 12.0. The van der Waals surface area contributed by atoms with E-state index in [1.165, 1.54) is 6.07 Å². The van der Waals surface area contributed by atoms with Gasteiger partial charge in [-0.1, -0.05) is 12.6 Å². The predicted molar refractivity (Wildman–Crippen MR) is 84.4 cm³/mol. The summed E-state index contributed by atoms with van der Waals surface area (Å²) >= 11 is 0. The summed E-state index contributed by atoms with van der Waals surface area (Å²) in [7, 11) is 0. The van der Waals surface area contributed by atoms with E-state index in [1.807, 2.05) is 6.92 Å². The summed E-state index contributed by atoms with van der Waals surface area (Å²) in [4.78, 5) is 10.9. The van der Waals surface area contributed by atoms with Gasteiger partial charge in [0.25, 0.3) is 0 Å². The third-order valence-corrected chi connectivity index (χ3v) is 3.58. The van der Waals surface area contributed by atoms with Crippen molar-refractivity contribution in [1.29, 1.82) is 0 Å². The molecule has 2 aromatic carbocycles. The number of aryl methyl sites for hydroxylation is 1. The van der Waals surface area contributed by atoms with E-state index < -0.39 is 0 Å². The lowest BCUT2D eigenvalue weighted by molar-refractivity contribution is 0.112. The second-order valence-electron chi connectivity index (χ2n) is 5.16.